The van der Waals surface area contributed by atoms with Gasteiger partial charge in [0.15, 0.2) is 0 Å². The minimum absolute atomic E-state index is 0.0176. The van der Waals surface area contributed by atoms with E-state index in [1.165, 1.54) is 141 Å². The summed E-state index contributed by atoms with van der Waals surface area (Å²) in [6.07, 6.45) is 52.7. The van der Waals surface area contributed by atoms with Crippen molar-refractivity contribution in [3.8, 4) is 0 Å². The number of carboxylic acids is 1. The molecule has 0 saturated heterocycles. The fourth-order valence-corrected chi connectivity index (χ4v) is 6.31. The molecular formula is C44H80O4. The number of unbranched alkanes of at least 4 members (excludes halogenated alkanes) is 24. The highest BCUT2D eigenvalue weighted by Gasteiger charge is 2.12. The lowest BCUT2D eigenvalue weighted by molar-refractivity contribution is -0.149. The summed E-state index contributed by atoms with van der Waals surface area (Å²) in [6.45, 7) is 4.32. The third kappa shape index (κ3) is 38.6. The Labute approximate surface area is 299 Å². The minimum atomic E-state index is -0.664. The molecule has 280 valence electrons. The van der Waals surface area contributed by atoms with Crippen molar-refractivity contribution in [2.45, 2.75) is 232 Å². The van der Waals surface area contributed by atoms with Crippen molar-refractivity contribution >= 4 is 11.9 Å². The van der Waals surface area contributed by atoms with Crippen molar-refractivity contribution in [3.05, 3.63) is 36.5 Å². The van der Waals surface area contributed by atoms with Crippen LogP contribution in [-0.4, -0.2) is 23.1 Å². The lowest BCUT2D eigenvalue weighted by atomic mass is 10.0. The lowest BCUT2D eigenvalue weighted by Gasteiger charge is -2.16. The Morgan fingerprint density at radius 1 is 0.479 bits per heavy atom. The van der Waals surface area contributed by atoms with Crippen LogP contribution >= 0.6 is 0 Å². The maximum atomic E-state index is 12.3. The molecule has 0 fully saturated rings. The molecule has 0 bridgehead atoms. The predicted octanol–water partition coefficient (Wildman–Crippen LogP) is 14.6. The first-order valence-electron chi connectivity index (χ1n) is 21.0. The first-order chi connectivity index (χ1) is 23.6. The Kier molecular flexibility index (Phi) is 38.1. The maximum absolute atomic E-state index is 12.3. The Balaban J connectivity index is 3.42. The normalized spacial score (nSPS) is 12.5. The first kappa shape index (κ1) is 46.2. The monoisotopic (exact) mass is 673 g/mol. The summed E-state index contributed by atoms with van der Waals surface area (Å²) in [4.78, 5) is 22.9. The van der Waals surface area contributed by atoms with Crippen molar-refractivity contribution in [1.29, 1.82) is 0 Å². The first-order valence-corrected chi connectivity index (χ1v) is 21.0. The molecule has 0 aliphatic heterocycles. The van der Waals surface area contributed by atoms with Gasteiger partial charge in [-0.2, -0.15) is 0 Å². The van der Waals surface area contributed by atoms with Crippen molar-refractivity contribution in [3.63, 3.8) is 0 Å². The molecule has 0 aromatic heterocycles. The molecule has 0 aromatic rings. The van der Waals surface area contributed by atoms with Gasteiger partial charge in [-0.25, -0.2) is 0 Å². The van der Waals surface area contributed by atoms with Crippen molar-refractivity contribution in [2.24, 2.45) is 0 Å². The van der Waals surface area contributed by atoms with Crippen LogP contribution in [0.25, 0.3) is 0 Å². The van der Waals surface area contributed by atoms with Gasteiger partial charge in [0.2, 0.25) is 0 Å². The van der Waals surface area contributed by atoms with E-state index in [1.807, 2.05) is 0 Å². The van der Waals surface area contributed by atoms with Gasteiger partial charge in [-0.15, -0.1) is 0 Å². The predicted molar refractivity (Wildman–Crippen MR) is 209 cm³/mol. The highest BCUT2D eigenvalue weighted by atomic mass is 16.5. The van der Waals surface area contributed by atoms with Crippen LogP contribution < -0.4 is 0 Å². The second kappa shape index (κ2) is 39.6. The molecule has 0 aliphatic rings. The zero-order valence-corrected chi connectivity index (χ0v) is 32.0. The van der Waals surface area contributed by atoms with E-state index < -0.39 is 5.97 Å². The summed E-state index contributed by atoms with van der Waals surface area (Å²) in [7, 11) is 0. The van der Waals surface area contributed by atoms with Gasteiger partial charge in [-0.05, 0) is 64.2 Å². The number of aliphatic carboxylic acids is 1. The van der Waals surface area contributed by atoms with Gasteiger partial charge < -0.3 is 9.84 Å². The molecule has 0 aliphatic carbocycles. The average molecular weight is 673 g/mol. The highest BCUT2D eigenvalue weighted by Crippen LogP contribution is 2.17. The molecule has 4 heteroatoms. The van der Waals surface area contributed by atoms with Crippen LogP contribution in [0, 0.1) is 0 Å². The van der Waals surface area contributed by atoms with E-state index in [0.29, 0.717) is 12.8 Å². The van der Waals surface area contributed by atoms with Gasteiger partial charge in [-0.1, -0.05) is 185 Å². The van der Waals surface area contributed by atoms with Gasteiger partial charge in [-0.3, -0.25) is 9.59 Å². The van der Waals surface area contributed by atoms with Gasteiger partial charge in [0.05, 0.1) is 0 Å². The van der Waals surface area contributed by atoms with Gasteiger partial charge in [0.25, 0.3) is 0 Å². The summed E-state index contributed by atoms with van der Waals surface area (Å²) in [5.41, 5.74) is 0. The number of rotatable bonds is 38. The molecule has 0 aromatic carbocycles. The number of carboxylic acid groups (broad SMARTS) is 1. The second-order valence-corrected chi connectivity index (χ2v) is 14.1. The van der Waals surface area contributed by atoms with E-state index >= 15 is 0 Å². The van der Waals surface area contributed by atoms with Crippen LogP contribution in [0.2, 0.25) is 0 Å². The van der Waals surface area contributed by atoms with Crippen LogP contribution in [0.15, 0.2) is 36.5 Å². The zero-order chi connectivity index (χ0) is 35.0. The molecule has 0 radical (unpaired) electrons. The van der Waals surface area contributed by atoms with Gasteiger partial charge in [0, 0.05) is 12.8 Å². The molecule has 1 atom stereocenters. The molecule has 0 heterocycles. The molecule has 0 rings (SSSR count). The van der Waals surface area contributed by atoms with E-state index in [9.17, 15) is 9.59 Å². The Morgan fingerprint density at radius 3 is 1.29 bits per heavy atom. The molecule has 4 nitrogen and oxygen atoms in total. The molecule has 0 saturated carbocycles. The molecule has 1 unspecified atom stereocenters. The number of ether oxygens (including phenoxy) is 1. The molecule has 0 spiro atoms. The number of hydrogen-bond acceptors (Lipinski definition) is 3. The van der Waals surface area contributed by atoms with Gasteiger partial charge >= 0.3 is 11.9 Å². The van der Waals surface area contributed by atoms with Crippen LogP contribution in [0.4, 0.5) is 0 Å². The molecule has 48 heavy (non-hydrogen) atoms. The maximum Gasteiger partial charge on any atom is 0.306 e. The number of carbonyl (C=O) groups excluding carboxylic acids is 1. The number of esters is 1. The fraction of sp³-hybridized carbons (Fsp3) is 0.818. The highest BCUT2D eigenvalue weighted by molar-refractivity contribution is 5.69. The summed E-state index contributed by atoms with van der Waals surface area (Å²) in [5, 5.41) is 8.66. The third-order valence-corrected chi connectivity index (χ3v) is 9.45. The SMILES string of the molecule is CC/C=C\C/C=C\C/C=C\CCCCCCCCCCCC(=O)OC(CC)CCCCCCCCCCCCCCCCCCC(=O)O. The minimum Gasteiger partial charge on any atom is -0.481 e. The topological polar surface area (TPSA) is 63.6 Å². The van der Waals surface area contributed by atoms with Crippen molar-refractivity contribution < 1.29 is 19.4 Å². The van der Waals surface area contributed by atoms with Crippen LogP contribution in [-0.2, 0) is 14.3 Å². The molecular weight excluding hydrogens is 592 g/mol. The van der Waals surface area contributed by atoms with E-state index in [-0.39, 0.29) is 12.1 Å². The third-order valence-electron chi connectivity index (χ3n) is 9.45. The Bertz CT molecular complexity index is 768. The summed E-state index contributed by atoms with van der Waals surface area (Å²) >= 11 is 0. The van der Waals surface area contributed by atoms with E-state index in [1.54, 1.807) is 0 Å². The quantitative estimate of drug-likeness (QED) is 0.0403. The largest absolute Gasteiger partial charge is 0.481 e. The van der Waals surface area contributed by atoms with Crippen molar-refractivity contribution in [2.75, 3.05) is 0 Å². The van der Waals surface area contributed by atoms with Crippen LogP contribution in [0.3, 0.4) is 0 Å². The van der Waals surface area contributed by atoms with E-state index in [4.69, 9.17) is 9.84 Å². The smallest absolute Gasteiger partial charge is 0.306 e. The number of carbonyl (C=O) groups is 2. The standard InChI is InChI=1S/C44H80O4/c1-3-5-6-7-8-9-10-11-12-13-14-15-20-23-26-29-32-35-38-41-44(47)48-42(4-2)39-36-33-30-27-24-21-18-16-17-19-22-25-28-31-34-37-40-43(45)46/h5-6,8-9,11-12,42H,3-4,7,10,13-41H2,1-2H3,(H,45,46)/b6-5-,9-8-,12-11-. The van der Waals surface area contributed by atoms with E-state index in [0.717, 1.165) is 57.8 Å². The lowest BCUT2D eigenvalue weighted by Crippen LogP contribution is -2.17. The van der Waals surface area contributed by atoms with Gasteiger partial charge in [0.1, 0.15) is 6.10 Å². The number of allylic oxidation sites excluding steroid dienone is 6. The van der Waals surface area contributed by atoms with Crippen molar-refractivity contribution in [1.82, 2.24) is 0 Å². The summed E-state index contributed by atoms with van der Waals surface area (Å²) in [5.74, 6) is -0.646. The average Bonchev–Trinajstić information content (AvgIpc) is 3.08. The zero-order valence-electron chi connectivity index (χ0n) is 32.0. The summed E-state index contributed by atoms with van der Waals surface area (Å²) < 4.78 is 5.80. The second-order valence-electron chi connectivity index (χ2n) is 14.1. The molecule has 1 N–H and O–H groups in total. The Morgan fingerprint density at radius 2 is 0.854 bits per heavy atom. The summed E-state index contributed by atoms with van der Waals surface area (Å²) in [6, 6.07) is 0. The fourth-order valence-electron chi connectivity index (χ4n) is 6.31. The van der Waals surface area contributed by atoms with Crippen LogP contribution in [0.5, 0.6) is 0 Å². The van der Waals surface area contributed by atoms with E-state index in [2.05, 4.69) is 50.3 Å². The number of hydrogen-bond donors (Lipinski definition) is 1. The van der Waals surface area contributed by atoms with Crippen LogP contribution in [0.1, 0.15) is 226 Å². The molecule has 0 amide bonds. The Hall–Kier alpha value is -1.84.